The number of benzene rings is 1. The van der Waals surface area contributed by atoms with Crippen LogP contribution in [0.25, 0.3) is 0 Å². The number of amidine groups is 1. The van der Waals surface area contributed by atoms with Crippen LogP contribution in [0.1, 0.15) is 28.8 Å². The Morgan fingerprint density at radius 2 is 1.86 bits per heavy atom. The fourth-order valence-electron chi connectivity index (χ4n) is 2.46. The lowest BCUT2D eigenvalue weighted by molar-refractivity contribution is 0.0782. The summed E-state index contributed by atoms with van der Waals surface area (Å²) in [5.41, 5.74) is 6.69. The molecule has 1 aliphatic heterocycles. The maximum Gasteiger partial charge on any atom is 0.253 e. The number of carbonyl (C=O) groups is 1. The maximum atomic E-state index is 12.3. The van der Waals surface area contributed by atoms with Crippen molar-refractivity contribution >= 4 is 11.7 Å². The van der Waals surface area contributed by atoms with Crippen molar-refractivity contribution in [1.29, 1.82) is 0 Å². The molecule has 0 radical (unpaired) electrons. The standard InChI is InChI=1S/C15H22N4O2/c1-18(10-11-19-8-2-3-9-19)15(20)13-6-4-12(5-7-13)14(16)17-21/h4-7,21H,2-3,8-11H2,1H3,(H2,16,17). The van der Waals surface area contributed by atoms with E-state index in [2.05, 4.69) is 10.1 Å². The Kier molecular flexibility index (Phi) is 5.16. The van der Waals surface area contributed by atoms with Crippen molar-refractivity contribution in [2.24, 2.45) is 10.9 Å². The summed E-state index contributed by atoms with van der Waals surface area (Å²) < 4.78 is 0. The molecule has 0 unspecified atom stereocenters. The minimum Gasteiger partial charge on any atom is -0.409 e. The first-order valence-corrected chi connectivity index (χ1v) is 7.17. The molecule has 1 aromatic carbocycles. The molecule has 0 aliphatic carbocycles. The van der Waals surface area contributed by atoms with Crippen LogP contribution >= 0.6 is 0 Å². The van der Waals surface area contributed by atoms with E-state index < -0.39 is 0 Å². The van der Waals surface area contributed by atoms with Crippen LogP contribution in [-0.4, -0.2) is 60.0 Å². The summed E-state index contributed by atoms with van der Waals surface area (Å²) in [5, 5.41) is 11.5. The number of rotatable bonds is 5. The molecule has 114 valence electrons. The van der Waals surface area contributed by atoms with E-state index >= 15 is 0 Å². The van der Waals surface area contributed by atoms with E-state index in [1.165, 1.54) is 12.8 Å². The molecule has 1 fully saturated rings. The van der Waals surface area contributed by atoms with Crippen LogP contribution in [0.5, 0.6) is 0 Å². The van der Waals surface area contributed by atoms with Gasteiger partial charge in [-0.3, -0.25) is 4.79 Å². The van der Waals surface area contributed by atoms with Gasteiger partial charge in [0.15, 0.2) is 5.84 Å². The van der Waals surface area contributed by atoms with Gasteiger partial charge in [-0.2, -0.15) is 0 Å². The van der Waals surface area contributed by atoms with Crippen molar-refractivity contribution in [3.63, 3.8) is 0 Å². The van der Waals surface area contributed by atoms with Gasteiger partial charge in [0, 0.05) is 31.3 Å². The van der Waals surface area contributed by atoms with E-state index in [9.17, 15) is 4.79 Å². The predicted molar refractivity (Wildman–Crippen MR) is 81.6 cm³/mol. The van der Waals surface area contributed by atoms with Gasteiger partial charge < -0.3 is 20.7 Å². The third-order valence-electron chi connectivity index (χ3n) is 3.83. The van der Waals surface area contributed by atoms with Crippen LogP contribution in [0, 0.1) is 0 Å². The van der Waals surface area contributed by atoms with Crippen LogP contribution in [0.2, 0.25) is 0 Å². The van der Waals surface area contributed by atoms with Crippen LogP contribution in [0.3, 0.4) is 0 Å². The van der Waals surface area contributed by atoms with Crippen molar-refractivity contribution in [2.45, 2.75) is 12.8 Å². The van der Waals surface area contributed by atoms with Crippen molar-refractivity contribution in [2.75, 3.05) is 33.2 Å². The average Bonchev–Trinajstić information content (AvgIpc) is 3.04. The highest BCUT2D eigenvalue weighted by Gasteiger charge is 2.15. The molecule has 0 bridgehead atoms. The zero-order valence-electron chi connectivity index (χ0n) is 12.3. The molecular formula is C15H22N4O2. The molecule has 0 saturated carbocycles. The molecule has 1 saturated heterocycles. The highest BCUT2D eigenvalue weighted by molar-refractivity contribution is 5.99. The number of nitrogens with two attached hydrogens (primary N) is 1. The second kappa shape index (κ2) is 7.08. The van der Waals surface area contributed by atoms with Gasteiger partial charge in [-0.1, -0.05) is 17.3 Å². The first-order valence-electron chi connectivity index (χ1n) is 7.17. The quantitative estimate of drug-likeness (QED) is 0.366. The number of hydrogen-bond donors (Lipinski definition) is 2. The monoisotopic (exact) mass is 290 g/mol. The summed E-state index contributed by atoms with van der Waals surface area (Å²) in [5.74, 6) is 0.0247. The topological polar surface area (TPSA) is 82.2 Å². The molecule has 1 amide bonds. The van der Waals surface area contributed by atoms with Crippen molar-refractivity contribution in [1.82, 2.24) is 9.80 Å². The van der Waals surface area contributed by atoms with Gasteiger partial charge in [0.25, 0.3) is 5.91 Å². The van der Waals surface area contributed by atoms with E-state index in [-0.39, 0.29) is 11.7 Å². The molecule has 6 heteroatoms. The van der Waals surface area contributed by atoms with Gasteiger partial charge in [-0.15, -0.1) is 0 Å². The van der Waals surface area contributed by atoms with Crippen molar-refractivity contribution in [3.8, 4) is 0 Å². The molecule has 3 N–H and O–H groups in total. The van der Waals surface area contributed by atoms with Crippen LogP contribution in [0.4, 0.5) is 0 Å². The largest absolute Gasteiger partial charge is 0.409 e. The molecular weight excluding hydrogens is 268 g/mol. The Morgan fingerprint density at radius 1 is 1.29 bits per heavy atom. The zero-order valence-corrected chi connectivity index (χ0v) is 12.3. The van der Waals surface area contributed by atoms with Gasteiger partial charge in [-0.05, 0) is 38.1 Å². The fourth-order valence-corrected chi connectivity index (χ4v) is 2.46. The summed E-state index contributed by atoms with van der Waals surface area (Å²) in [7, 11) is 1.82. The summed E-state index contributed by atoms with van der Waals surface area (Å²) in [6.45, 7) is 3.91. The molecule has 1 aromatic rings. The minimum absolute atomic E-state index is 0.0137. The molecule has 6 nitrogen and oxygen atoms in total. The zero-order chi connectivity index (χ0) is 15.2. The Labute approximate surface area is 124 Å². The van der Waals surface area contributed by atoms with Gasteiger partial charge in [0.1, 0.15) is 0 Å². The lowest BCUT2D eigenvalue weighted by Crippen LogP contribution is -2.35. The first-order chi connectivity index (χ1) is 10.1. The Balaban J connectivity index is 1.92. The minimum atomic E-state index is -0.0137. The molecule has 0 spiro atoms. The highest BCUT2D eigenvalue weighted by atomic mass is 16.4. The Bertz CT molecular complexity index is 507. The molecule has 0 aromatic heterocycles. The predicted octanol–water partition coefficient (Wildman–Crippen LogP) is 0.949. The van der Waals surface area contributed by atoms with Crippen molar-refractivity contribution < 1.29 is 10.0 Å². The van der Waals surface area contributed by atoms with Gasteiger partial charge in [-0.25, -0.2) is 0 Å². The number of carbonyl (C=O) groups excluding carboxylic acids is 1. The number of amides is 1. The molecule has 1 heterocycles. The number of oxime groups is 1. The first kappa shape index (κ1) is 15.3. The van der Waals surface area contributed by atoms with Crippen molar-refractivity contribution in [3.05, 3.63) is 35.4 Å². The fraction of sp³-hybridized carbons (Fsp3) is 0.467. The Morgan fingerprint density at radius 3 is 2.43 bits per heavy atom. The molecule has 21 heavy (non-hydrogen) atoms. The third kappa shape index (κ3) is 3.95. The van der Waals surface area contributed by atoms with Gasteiger partial charge >= 0.3 is 0 Å². The molecule has 1 aliphatic rings. The average molecular weight is 290 g/mol. The van der Waals surface area contributed by atoms with Crippen LogP contribution in [0.15, 0.2) is 29.4 Å². The van der Waals surface area contributed by atoms with E-state index in [0.717, 1.165) is 26.2 Å². The van der Waals surface area contributed by atoms with Crippen LogP contribution in [-0.2, 0) is 0 Å². The second-order valence-corrected chi connectivity index (χ2v) is 5.34. The normalized spacial score (nSPS) is 16.1. The Hall–Kier alpha value is -2.08. The van der Waals surface area contributed by atoms with E-state index in [1.54, 1.807) is 29.2 Å². The highest BCUT2D eigenvalue weighted by Crippen LogP contribution is 2.09. The van der Waals surface area contributed by atoms with Gasteiger partial charge in [0.2, 0.25) is 0 Å². The molecule has 2 rings (SSSR count). The van der Waals surface area contributed by atoms with Crippen LogP contribution < -0.4 is 5.73 Å². The van der Waals surface area contributed by atoms with Gasteiger partial charge in [0.05, 0.1) is 0 Å². The lowest BCUT2D eigenvalue weighted by Gasteiger charge is -2.21. The summed E-state index contributed by atoms with van der Waals surface area (Å²) in [6.07, 6.45) is 2.51. The van der Waals surface area contributed by atoms with E-state index in [1.807, 2.05) is 7.05 Å². The smallest absolute Gasteiger partial charge is 0.253 e. The van der Waals surface area contributed by atoms with E-state index in [0.29, 0.717) is 11.1 Å². The summed E-state index contributed by atoms with van der Waals surface area (Å²) in [4.78, 5) is 16.4. The second-order valence-electron chi connectivity index (χ2n) is 5.34. The number of hydrogen-bond acceptors (Lipinski definition) is 4. The number of nitrogens with zero attached hydrogens (tertiary/aromatic N) is 3. The molecule has 0 atom stereocenters. The summed E-state index contributed by atoms with van der Waals surface area (Å²) >= 11 is 0. The summed E-state index contributed by atoms with van der Waals surface area (Å²) in [6, 6.07) is 6.75. The lowest BCUT2D eigenvalue weighted by atomic mass is 10.1. The number of likely N-dealkylation sites (tertiary alicyclic amines) is 1. The maximum absolute atomic E-state index is 12.3. The third-order valence-corrected chi connectivity index (χ3v) is 3.83. The van der Waals surface area contributed by atoms with E-state index in [4.69, 9.17) is 10.9 Å². The SMILES string of the molecule is CN(CCN1CCCC1)C(=O)c1ccc(C(N)=NO)cc1. The number of likely N-dealkylation sites (N-methyl/N-ethyl adjacent to an activating group) is 1.